The highest BCUT2D eigenvalue weighted by Gasteiger charge is 2.30. The van der Waals surface area contributed by atoms with Gasteiger partial charge in [0.05, 0.1) is 12.2 Å². The van der Waals surface area contributed by atoms with Gasteiger partial charge in [-0.05, 0) is 37.1 Å². The van der Waals surface area contributed by atoms with Crippen molar-refractivity contribution in [3.63, 3.8) is 0 Å². The Morgan fingerprint density at radius 1 is 1.00 bits per heavy atom. The molecule has 4 rings (SSSR count). The second kappa shape index (κ2) is 6.98. The van der Waals surface area contributed by atoms with Crippen molar-refractivity contribution < 1.29 is 9.18 Å². The molecule has 0 spiro atoms. The normalized spacial score (nSPS) is 19.6. The van der Waals surface area contributed by atoms with Gasteiger partial charge in [-0.3, -0.25) is 4.79 Å². The summed E-state index contributed by atoms with van der Waals surface area (Å²) in [6.07, 6.45) is 0.991. The molecule has 1 unspecified atom stereocenters. The summed E-state index contributed by atoms with van der Waals surface area (Å²) in [7, 11) is 0. The van der Waals surface area contributed by atoms with Crippen molar-refractivity contribution in [1.82, 2.24) is 4.90 Å². The number of hydrogen-bond donors (Lipinski definition) is 0. The third kappa shape index (κ3) is 3.14. The lowest BCUT2D eigenvalue weighted by Crippen LogP contribution is -2.52. The van der Waals surface area contributed by atoms with E-state index in [1.165, 1.54) is 17.3 Å². The molecule has 0 bridgehead atoms. The van der Waals surface area contributed by atoms with Crippen LogP contribution in [0.4, 0.5) is 15.8 Å². The molecule has 0 N–H and O–H groups in total. The van der Waals surface area contributed by atoms with Crippen molar-refractivity contribution in [3.05, 3.63) is 59.9 Å². The number of rotatable bonds is 3. The van der Waals surface area contributed by atoms with Crippen molar-refractivity contribution in [2.75, 3.05) is 42.5 Å². The van der Waals surface area contributed by atoms with E-state index >= 15 is 0 Å². The Morgan fingerprint density at radius 2 is 1.65 bits per heavy atom. The Hall–Kier alpha value is -2.56. The second-order valence-corrected chi connectivity index (χ2v) is 7.13. The quantitative estimate of drug-likeness (QED) is 0.849. The van der Waals surface area contributed by atoms with Gasteiger partial charge in [-0.15, -0.1) is 0 Å². The summed E-state index contributed by atoms with van der Waals surface area (Å²) in [5, 5.41) is 0. The number of anilines is 2. The fraction of sp³-hybridized carbons (Fsp3) is 0.381. The van der Waals surface area contributed by atoms with Crippen molar-refractivity contribution in [1.29, 1.82) is 0 Å². The average Bonchev–Trinajstić information content (AvgIpc) is 2.98. The molecule has 2 aromatic rings. The van der Waals surface area contributed by atoms with Crippen LogP contribution in [-0.2, 0) is 11.2 Å². The first kappa shape index (κ1) is 16.9. The molecule has 0 aliphatic carbocycles. The third-order valence-corrected chi connectivity index (χ3v) is 5.48. The summed E-state index contributed by atoms with van der Waals surface area (Å²) < 4.78 is 14.0. The topological polar surface area (TPSA) is 26.8 Å². The first-order chi connectivity index (χ1) is 12.6. The highest BCUT2D eigenvalue weighted by atomic mass is 19.1. The van der Waals surface area contributed by atoms with Crippen LogP contribution < -0.4 is 9.80 Å². The maximum absolute atomic E-state index is 14.0. The van der Waals surface area contributed by atoms with E-state index in [1.54, 1.807) is 12.1 Å². The minimum atomic E-state index is -0.199. The number of fused-ring (bicyclic) bond motifs is 1. The SMILES string of the molecule is CC1Cc2ccccc2N1CC(=O)N1CCN(c2ccccc2F)CC1. The second-order valence-electron chi connectivity index (χ2n) is 7.13. The Labute approximate surface area is 153 Å². The molecule has 1 atom stereocenters. The van der Waals surface area contributed by atoms with E-state index < -0.39 is 0 Å². The van der Waals surface area contributed by atoms with Crippen LogP contribution in [-0.4, -0.2) is 49.6 Å². The Morgan fingerprint density at radius 3 is 2.38 bits per heavy atom. The molecular formula is C21H24FN3O. The summed E-state index contributed by atoms with van der Waals surface area (Å²) in [6, 6.07) is 15.5. The van der Waals surface area contributed by atoms with Crippen molar-refractivity contribution in [2.45, 2.75) is 19.4 Å². The summed E-state index contributed by atoms with van der Waals surface area (Å²) in [5.74, 6) is -0.0449. The summed E-state index contributed by atoms with van der Waals surface area (Å²) >= 11 is 0. The van der Waals surface area contributed by atoms with E-state index in [2.05, 4.69) is 30.0 Å². The maximum Gasteiger partial charge on any atom is 0.242 e. The molecule has 0 saturated carbocycles. The molecule has 5 heteroatoms. The summed E-state index contributed by atoms with van der Waals surface area (Å²) in [6.45, 7) is 5.19. The number of hydrogen-bond acceptors (Lipinski definition) is 3. The fourth-order valence-corrected chi connectivity index (χ4v) is 4.02. The molecule has 0 aromatic heterocycles. The van der Waals surface area contributed by atoms with E-state index in [1.807, 2.05) is 21.9 Å². The lowest BCUT2D eigenvalue weighted by atomic mass is 10.1. The van der Waals surface area contributed by atoms with Crippen LogP contribution in [0, 0.1) is 5.82 Å². The standard InChI is InChI=1S/C21H24FN3O/c1-16-14-17-6-2-4-8-19(17)25(16)15-21(26)24-12-10-23(11-13-24)20-9-5-3-7-18(20)22/h2-9,16H,10-15H2,1H3. The number of carbonyl (C=O) groups is 1. The minimum Gasteiger partial charge on any atom is -0.366 e. The molecule has 2 aliphatic rings. The molecule has 0 radical (unpaired) electrons. The predicted octanol–water partition coefficient (Wildman–Crippen LogP) is 2.93. The average molecular weight is 353 g/mol. The van der Waals surface area contributed by atoms with Crippen LogP contribution in [0.5, 0.6) is 0 Å². The van der Waals surface area contributed by atoms with Crippen LogP contribution in [0.2, 0.25) is 0 Å². The van der Waals surface area contributed by atoms with Crippen molar-refractivity contribution >= 4 is 17.3 Å². The number of nitrogens with zero attached hydrogens (tertiary/aromatic N) is 3. The molecule has 1 amide bonds. The third-order valence-electron chi connectivity index (χ3n) is 5.48. The van der Waals surface area contributed by atoms with E-state index in [0.29, 0.717) is 44.5 Å². The summed E-state index contributed by atoms with van der Waals surface area (Å²) in [4.78, 5) is 18.9. The van der Waals surface area contributed by atoms with Gasteiger partial charge < -0.3 is 14.7 Å². The predicted molar refractivity (Wildman–Crippen MR) is 102 cm³/mol. The lowest BCUT2D eigenvalue weighted by Gasteiger charge is -2.37. The van der Waals surface area contributed by atoms with E-state index in [0.717, 1.165) is 6.42 Å². The smallest absolute Gasteiger partial charge is 0.242 e. The van der Waals surface area contributed by atoms with Gasteiger partial charge in [0, 0.05) is 37.9 Å². The van der Waals surface area contributed by atoms with E-state index in [-0.39, 0.29) is 11.7 Å². The zero-order chi connectivity index (χ0) is 18.1. The van der Waals surface area contributed by atoms with E-state index in [9.17, 15) is 9.18 Å². The van der Waals surface area contributed by atoms with Crippen LogP contribution in [0.3, 0.4) is 0 Å². The highest BCUT2D eigenvalue weighted by Crippen LogP contribution is 2.31. The van der Waals surface area contributed by atoms with Gasteiger partial charge in [-0.1, -0.05) is 30.3 Å². The minimum absolute atomic E-state index is 0.154. The van der Waals surface area contributed by atoms with Gasteiger partial charge in [0.2, 0.25) is 5.91 Å². The number of halogens is 1. The molecular weight excluding hydrogens is 329 g/mol. The number of benzene rings is 2. The van der Waals surface area contributed by atoms with Gasteiger partial charge in [0.1, 0.15) is 5.82 Å². The maximum atomic E-state index is 14.0. The molecule has 4 nitrogen and oxygen atoms in total. The highest BCUT2D eigenvalue weighted by molar-refractivity contribution is 5.83. The van der Waals surface area contributed by atoms with Crippen molar-refractivity contribution in [3.8, 4) is 0 Å². The lowest BCUT2D eigenvalue weighted by molar-refractivity contribution is -0.130. The Balaban J connectivity index is 1.38. The first-order valence-electron chi connectivity index (χ1n) is 9.25. The number of para-hydroxylation sites is 2. The Kier molecular flexibility index (Phi) is 4.53. The molecule has 2 aliphatic heterocycles. The van der Waals surface area contributed by atoms with Gasteiger partial charge in [0.15, 0.2) is 0 Å². The molecule has 136 valence electrons. The van der Waals surface area contributed by atoms with Crippen LogP contribution in [0.25, 0.3) is 0 Å². The fourth-order valence-electron chi connectivity index (χ4n) is 4.02. The van der Waals surface area contributed by atoms with Crippen molar-refractivity contribution in [2.24, 2.45) is 0 Å². The van der Waals surface area contributed by atoms with Crippen LogP contribution in [0.15, 0.2) is 48.5 Å². The first-order valence-corrected chi connectivity index (χ1v) is 9.25. The largest absolute Gasteiger partial charge is 0.366 e. The van der Waals surface area contributed by atoms with Gasteiger partial charge in [0.25, 0.3) is 0 Å². The van der Waals surface area contributed by atoms with Crippen LogP contribution in [0.1, 0.15) is 12.5 Å². The van der Waals surface area contributed by atoms with E-state index in [4.69, 9.17) is 0 Å². The van der Waals surface area contributed by atoms with Crippen LogP contribution >= 0.6 is 0 Å². The monoisotopic (exact) mass is 353 g/mol. The zero-order valence-electron chi connectivity index (χ0n) is 15.1. The summed E-state index contributed by atoms with van der Waals surface area (Å²) in [5.41, 5.74) is 3.12. The number of carbonyl (C=O) groups excluding carboxylic acids is 1. The van der Waals surface area contributed by atoms with Gasteiger partial charge >= 0.3 is 0 Å². The molecule has 2 heterocycles. The molecule has 1 saturated heterocycles. The zero-order valence-corrected chi connectivity index (χ0v) is 15.1. The molecule has 26 heavy (non-hydrogen) atoms. The van der Waals surface area contributed by atoms with Gasteiger partial charge in [-0.25, -0.2) is 4.39 Å². The molecule has 2 aromatic carbocycles. The Bertz CT molecular complexity index is 801. The number of amides is 1. The number of piperazine rings is 1. The van der Waals surface area contributed by atoms with Gasteiger partial charge in [-0.2, -0.15) is 0 Å². The molecule has 1 fully saturated rings.